The van der Waals surface area contributed by atoms with Crippen LogP contribution >= 0.6 is 34.5 Å². The molecule has 3 aromatic rings. The Labute approximate surface area is 220 Å². The molecule has 1 fully saturated rings. The van der Waals surface area contributed by atoms with Crippen LogP contribution in [0.4, 0.5) is 10.1 Å². The molecular weight excluding hydrogens is 552 g/mol. The fourth-order valence-electron chi connectivity index (χ4n) is 3.69. The maximum Gasteiger partial charge on any atom is 0.280 e. The first-order chi connectivity index (χ1) is 17.0. The van der Waals surface area contributed by atoms with Gasteiger partial charge in [0.25, 0.3) is 10.2 Å². The van der Waals surface area contributed by atoms with Crippen molar-refractivity contribution in [1.82, 2.24) is 19.3 Å². The van der Waals surface area contributed by atoms with Crippen LogP contribution in [0.3, 0.4) is 0 Å². The quantitative estimate of drug-likeness (QED) is 0.419. The number of hydrogen-bond acceptors (Lipinski definition) is 6. The van der Waals surface area contributed by atoms with E-state index in [-0.39, 0.29) is 21.6 Å². The van der Waals surface area contributed by atoms with Crippen molar-refractivity contribution in [2.24, 2.45) is 0 Å². The van der Waals surface area contributed by atoms with Crippen molar-refractivity contribution in [2.75, 3.05) is 12.4 Å². The Bertz CT molecular complexity index is 1390. The second-order valence-electron chi connectivity index (χ2n) is 7.93. The minimum absolute atomic E-state index is 0.159. The average molecular weight is 572 g/mol. The molecule has 0 bridgehead atoms. The van der Waals surface area contributed by atoms with Gasteiger partial charge in [0.05, 0.1) is 15.9 Å². The Balaban J connectivity index is 1.55. The maximum absolute atomic E-state index is 13.5. The second-order valence-corrected chi connectivity index (χ2v) is 11.7. The summed E-state index contributed by atoms with van der Waals surface area (Å²) in [4.78, 5) is 30.9. The normalized spacial score (nSPS) is 20.4. The SMILES string of the molecule is CN1C(C(=O)Nc2ccc(F)c(Cl)c2)CC(C(=O)NC(c2ccccc2)c2cnc(Cl)s2)NS1(=O)=O. The molecule has 190 valence electrons. The zero-order chi connectivity index (χ0) is 26.0. The van der Waals surface area contributed by atoms with Crippen molar-refractivity contribution >= 4 is 62.2 Å². The van der Waals surface area contributed by atoms with Crippen LogP contribution in [0.1, 0.15) is 22.9 Å². The standard InChI is InChI=1S/C22H20Cl2FN5O4S2/c1-30-17(21(32)27-13-7-8-15(25)14(23)9-13)10-16(29-36(30,33)34)20(31)28-19(12-5-3-2-4-6-12)18-11-26-22(24)35-18/h2-9,11,16-17,19,29H,10H2,1H3,(H,27,32)(H,28,31). The Morgan fingerprint density at radius 1 is 1.19 bits per heavy atom. The fourth-order valence-corrected chi connectivity index (χ4v) is 6.15. The van der Waals surface area contributed by atoms with E-state index in [0.717, 1.165) is 15.9 Å². The third-order valence-electron chi connectivity index (χ3n) is 5.57. The van der Waals surface area contributed by atoms with E-state index in [2.05, 4.69) is 20.3 Å². The number of nitrogens with one attached hydrogen (secondary N) is 3. The van der Waals surface area contributed by atoms with Crippen molar-refractivity contribution in [3.8, 4) is 0 Å². The lowest BCUT2D eigenvalue weighted by Gasteiger charge is -2.35. The molecule has 1 aliphatic rings. The predicted octanol–water partition coefficient (Wildman–Crippen LogP) is 3.34. The molecule has 0 radical (unpaired) electrons. The van der Waals surface area contributed by atoms with Crippen molar-refractivity contribution < 1.29 is 22.4 Å². The molecule has 1 aliphatic heterocycles. The van der Waals surface area contributed by atoms with Gasteiger partial charge in [-0.2, -0.15) is 17.4 Å². The third kappa shape index (κ3) is 5.85. The van der Waals surface area contributed by atoms with Gasteiger partial charge in [-0.15, -0.1) is 11.3 Å². The number of amides is 2. The van der Waals surface area contributed by atoms with E-state index in [4.69, 9.17) is 23.2 Å². The van der Waals surface area contributed by atoms with Gasteiger partial charge in [0.2, 0.25) is 11.8 Å². The Hall–Kier alpha value is -2.61. The lowest BCUT2D eigenvalue weighted by Crippen LogP contribution is -2.62. The van der Waals surface area contributed by atoms with E-state index in [1.54, 1.807) is 12.1 Å². The van der Waals surface area contributed by atoms with Gasteiger partial charge in [-0.05, 0) is 30.2 Å². The summed E-state index contributed by atoms with van der Waals surface area (Å²) in [6.07, 6.45) is 1.38. The van der Waals surface area contributed by atoms with Gasteiger partial charge in [0.1, 0.15) is 17.9 Å². The molecule has 9 nitrogen and oxygen atoms in total. The molecule has 3 N–H and O–H groups in total. The van der Waals surface area contributed by atoms with E-state index in [9.17, 15) is 22.4 Å². The number of hydrogen-bond donors (Lipinski definition) is 3. The second kappa shape index (κ2) is 10.8. The molecule has 1 saturated heterocycles. The summed E-state index contributed by atoms with van der Waals surface area (Å²) in [5.41, 5.74) is 0.924. The lowest BCUT2D eigenvalue weighted by molar-refractivity contribution is -0.125. The Kier molecular flexibility index (Phi) is 7.93. The van der Waals surface area contributed by atoms with E-state index < -0.39 is 46.0 Å². The first-order valence-corrected chi connectivity index (χ1v) is 13.5. The van der Waals surface area contributed by atoms with E-state index in [1.807, 2.05) is 18.2 Å². The van der Waals surface area contributed by atoms with Crippen LogP contribution in [0.2, 0.25) is 9.49 Å². The van der Waals surface area contributed by atoms with Crippen molar-refractivity contribution in [3.05, 3.63) is 80.5 Å². The van der Waals surface area contributed by atoms with Gasteiger partial charge in [-0.1, -0.05) is 53.5 Å². The summed E-state index contributed by atoms with van der Waals surface area (Å²) in [7, 11) is -2.95. The number of carbonyl (C=O) groups is 2. The number of halogens is 3. The number of anilines is 1. The first-order valence-electron chi connectivity index (χ1n) is 10.5. The van der Waals surface area contributed by atoms with Crippen LogP contribution in [-0.4, -0.2) is 48.7 Å². The molecule has 2 heterocycles. The van der Waals surface area contributed by atoms with Gasteiger partial charge in [0.15, 0.2) is 4.47 Å². The molecule has 1 aromatic heterocycles. The summed E-state index contributed by atoms with van der Waals surface area (Å²) in [5, 5.41) is 5.17. The Morgan fingerprint density at radius 2 is 1.92 bits per heavy atom. The van der Waals surface area contributed by atoms with Crippen molar-refractivity contribution in [2.45, 2.75) is 24.5 Å². The summed E-state index contributed by atoms with van der Waals surface area (Å²) in [6.45, 7) is 0. The highest BCUT2D eigenvalue weighted by Gasteiger charge is 2.43. The molecule has 14 heteroatoms. The number of rotatable bonds is 6. The number of aromatic nitrogens is 1. The maximum atomic E-state index is 13.5. The average Bonchev–Trinajstić information content (AvgIpc) is 3.27. The molecule has 2 amide bonds. The van der Waals surface area contributed by atoms with Crippen LogP contribution in [0.15, 0.2) is 54.7 Å². The van der Waals surface area contributed by atoms with Gasteiger partial charge < -0.3 is 10.6 Å². The molecule has 3 atom stereocenters. The Morgan fingerprint density at radius 3 is 2.56 bits per heavy atom. The van der Waals surface area contributed by atoms with Crippen molar-refractivity contribution in [1.29, 1.82) is 0 Å². The minimum Gasteiger partial charge on any atom is -0.343 e. The summed E-state index contributed by atoms with van der Waals surface area (Å²) in [5.74, 6) is -1.99. The van der Waals surface area contributed by atoms with Crippen LogP contribution in [-0.2, 0) is 19.8 Å². The molecule has 0 aliphatic carbocycles. The number of nitrogens with zero attached hydrogens (tertiary/aromatic N) is 2. The summed E-state index contributed by atoms with van der Waals surface area (Å²) >= 11 is 12.9. The molecule has 0 saturated carbocycles. The number of carbonyl (C=O) groups excluding carboxylic acids is 2. The van der Waals surface area contributed by atoms with Crippen LogP contribution in [0, 0.1) is 5.82 Å². The highest BCUT2D eigenvalue weighted by molar-refractivity contribution is 7.87. The first kappa shape index (κ1) is 26.5. The van der Waals surface area contributed by atoms with E-state index in [0.29, 0.717) is 4.88 Å². The topological polar surface area (TPSA) is 120 Å². The van der Waals surface area contributed by atoms with E-state index in [1.165, 1.54) is 36.7 Å². The largest absolute Gasteiger partial charge is 0.343 e. The molecule has 2 aromatic carbocycles. The highest BCUT2D eigenvalue weighted by Crippen LogP contribution is 2.30. The lowest BCUT2D eigenvalue weighted by atomic mass is 10.0. The zero-order valence-corrected chi connectivity index (χ0v) is 21.8. The molecule has 4 rings (SSSR count). The van der Waals surface area contributed by atoms with Crippen LogP contribution in [0.5, 0.6) is 0 Å². The van der Waals surface area contributed by atoms with E-state index >= 15 is 0 Å². The highest BCUT2D eigenvalue weighted by atomic mass is 35.5. The van der Waals surface area contributed by atoms with Gasteiger partial charge >= 0.3 is 0 Å². The summed E-state index contributed by atoms with van der Waals surface area (Å²) in [6, 6.07) is 9.52. The van der Waals surface area contributed by atoms with Gasteiger partial charge in [0, 0.05) is 18.9 Å². The zero-order valence-electron chi connectivity index (χ0n) is 18.6. The smallest absolute Gasteiger partial charge is 0.280 e. The molecule has 36 heavy (non-hydrogen) atoms. The molecule has 0 spiro atoms. The van der Waals surface area contributed by atoms with Gasteiger partial charge in [-0.25, -0.2) is 9.37 Å². The van der Waals surface area contributed by atoms with Crippen LogP contribution in [0.25, 0.3) is 0 Å². The summed E-state index contributed by atoms with van der Waals surface area (Å²) < 4.78 is 42.4. The monoisotopic (exact) mass is 571 g/mol. The fraction of sp³-hybridized carbons (Fsp3) is 0.227. The number of likely N-dealkylation sites (N-methyl/N-ethyl adjacent to an activating group) is 1. The van der Waals surface area contributed by atoms with Crippen molar-refractivity contribution in [3.63, 3.8) is 0 Å². The number of benzene rings is 2. The molecular formula is C22H20Cl2FN5O4S2. The minimum atomic E-state index is -4.17. The van der Waals surface area contributed by atoms with Crippen LogP contribution < -0.4 is 15.4 Å². The number of thiazole rings is 1. The third-order valence-corrected chi connectivity index (χ3v) is 8.64. The molecule has 3 unspecified atom stereocenters. The predicted molar refractivity (Wildman–Crippen MR) is 136 cm³/mol. The van der Waals surface area contributed by atoms with Gasteiger partial charge in [-0.3, -0.25) is 9.59 Å².